The fraction of sp³-hybridized carbons (Fsp3) is 0.158. The number of nitrogens with zero attached hydrogens (tertiary/aromatic N) is 3. The molecule has 0 aliphatic heterocycles. The third kappa shape index (κ3) is 3.94. The average molecular weight is 349 g/mol. The van der Waals surface area contributed by atoms with E-state index in [9.17, 15) is 10.1 Å². The zero-order valence-electron chi connectivity index (χ0n) is 14.6. The Bertz CT molecular complexity index is 928. The van der Waals surface area contributed by atoms with Crippen molar-refractivity contribution in [1.82, 2.24) is 9.97 Å². The molecule has 0 radical (unpaired) electrons. The van der Waals surface area contributed by atoms with Gasteiger partial charge in [0.2, 0.25) is 11.6 Å². The van der Waals surface area contributed by atoms with Gasteiger partial charge in [-0.3, -0.25) is 10.1 Å². The summed E-state index contributed by atoms with van der Waals surface area (Å²) >= 11 is 0. The van der Waals surface area contributed by atoms with Crippen molar-refractivity contribution in [2.75, 3.05) is 10.6 Å². The van der Waals surface area contributed by atoms with Crippen LogP contribution in [-0.2, 0) is 6.54 Å². The van der Waals surface area contributed by atoms with Crippen LogP contribution in [0.3, 0.4) is 0 Å². The van der Waals surface area contributed by atoms with Crippen LogP contribution < -0.4 is 10.6 Å². The molecule has 3 rings (SSSR count). The van der Waals surface area contributed by atoms with E-state index in [1.165, 1.54) is 6.33 Å². The molecule has 2 N–H and O–H groups in total. The van der Waals surface area contributed by atoms with Gasteiger partial charge in [0.15, 0.2) is 0 Å². The van der Waals surface area contributed by atoms with Gasteiger partial charge in [0, 0.05) is 12.2 Å². The van der Waals surface area contributed by atoms with Crippen LogP contribution in [0, 0.1) is 24.0 Å². The van der Waals surface area contributed by atoms with Crippen molar-refractivity contribution in [3.8, 4) is 0 Å². The number of nitro groups is 1. The van der Waals surface area contributed by atoms with Gasteiger partial charge in [-0.2, -0.15) is 0 Å². The van der Waals surface area contributed by atoms with Gasteiger partial charge in [0.1, 0.15) is 6.33 Å². The number of benzene rings is 2. The van der Waals surface area contributed by atoms with Crippen LogP contribution in [0.5, 0.6) is 0 Å². The average Bonchev–Trinajstić information content (AvgIpc) is 2.63. The first-order chi connectivity index (χ1) is 12.5. The van der Waals surface area contributed by atoms with Crippen molar-refractivity contribution < 1.29 is 4.92 Å². The van der Waals surface area contributed by atoms with Crippen molar-refractivity contribution in [1.29, 1.82) is 0 Å². The summed E-state index contributed by atoms with van der Waals surface area (Å²) in [7, 11) is 0. The molecule has 7 nitrogen and oxygen atoms in total. The van der Waals surface area contributed by atoms with Crippen molar-refractivity contribution in [2.24, 2.45) is 0 Å². The smallest absolute Gasteiger partial charge is 0.353 e. The second kappa shape index (κ2) is 7.60. The molecule has 0 spiro atoms. The van der Waals surface area contributed by atoms with Gasteiger partial charge in [0.05, 0.1) is 4.92 Å². The largest absolute Gasteiger partial charge is 0.360 e. The maximum atomic E-state index is 11.6. The van der Waals surface area contributed by atoms with Crippen molar-refractivity contribution in [3.63, 3.8) is 0 Å². The summed E-state index contributed by atoms with van der Waals surface area (Å²) in [4.78, 5) is 19.3. The predicted octanol–water partition coefficient (Wildman–Crippen LogP) is 4.36. The summed E-state index contributed by atoms with van der Waals surface area (Å²) in [6.45, 7) is 4.33. The Morgan fingerprint density at radius 3 is 2.50 bits per heavy atom. The molecule has 0 amide bonds. The summed E-state index contributed by atoms with van der Waals surface area (Å²) in [5, 5.41) is 17.7. The third-order valence-corrected chi connectivity index (χ3v) is 3.95. The molecular weight excluding hydrogens is 330 g/mol. The van der Waals surface area contributed by atoms with Crippen LogP contribution in [0.15, 0.2) is 54.9 Å². The van der Waals surface area contributed by atoms with Gasteiger partial charge in [0.25, 0.3) is 0 Å². The Morgan fingerprint density at radius 1 is 1.04 bits per heavy atom. The van der Waals surface area contributed by atoms with Gasteiger partial charge in [-0.1, -0.05) is 42.5 Å². The summed E-state index contributed by atoms with van der Waals surface area (Å²) in [5.74, 6) is 0.343. The lowest BCUT2D eigenvalue weighted by molar-refractivity contribution is -0.383. The molecule has 1 heterocycles. The summed E-state index contributed by atoms with van der Waals surface area (Å²) in [6.07, 6.45) is 1.31. The maximum Gasteiger partial charge on any atom is 0.353 e. The molecule has 26 heavy (non-hydrogen) atoms. The molecule has 0 saturated carbocycles. The summed E-state index contributed by atoms with van der Waals surface area (Å²) < 4.78 is 0. The zero-order chi connectivity index (χ0) is 18.5. The zero-order valence-corrected chi connectivity index (χ0v) is 14.6. The predicted molar refractivity (Wildman–Crippen MR) is 102 cm³/mol. The number of anilines is 3. The first kappa shape index (κ1) is 17.3. The van der Waals surface area contributed by atoms with Crippen LogP contribution in [0.4, 0.5) is 23.0 Å². The van der Waals surface area contributed by atoms with E-state index in [4.69, 9.17) is 0 Å². The Kier molecular flexibility index (Phi) is 5.07. The first-order valence-electron chi connectivity index (χ1n) is 8.16. The standard InChI is InChI=1S/C19H19N5O2/c1-13-8-9-14(2)16(10-13)23-19-17(24(25)26)18(21-12-22-19)20-11-15-6-4-3-5-7-15/h3-10,12H,11H2,1-2H3,(H2,20,21,22,23). The molecule has 0 saturated heterocycles. The van der Waals surface area contributed by atoms with Crippen LogP contribution in [0.1, 0.15) is 16.7 Å². The lowest BCUT2D eigenvalue weighted by atomic mass is 10.1. The second-order valence-corrected chi connectivity index (χ2v) is 5.96. The van der Waals surface area contributed by atoms with Crippen molar-refractivity contribution >= 4 is 23.0 Å². The number of aryl methyl sites for hydroxylation is 2. The molecule has 3 aromatic rings. The molecule has 0 unspecified atom stereocenters. The monoisotopic (exact) mass is 349 g/mol. The van der Waals surface area contributed by atoms with Crippen LogP contribution in [0.2, 0.25) is 0 Å². The van der Waals surface area contributed by atoms with E-state index in [1.807, 2.05) is 62.4 Å². The lowest BCUT2D eigenvalue weighted by Gasteiger charge is -2.12. The van der Waals surface area contributed by atoms with E-state index in [2.05, 4.69) is 20.6 Å². The Morgan fingerprint density at radius 2 is 1.77 bits per heavy atom. The number of hydrogen-bond donors (Lipinski definition) is 2. The van der Waals surface area contributed by atoms with Gasteiger partial charge in [-0.15, -0.1) is 0 Å². The first-order valence-corrected chi connectivity index (χ1v) is 8.16. The molecule has 132 valence electrons. The van der Waals surface area contributed by atoms with Crippen LogP contribution in [0.25, 0.3) is 0 Å². The minimum atomic E-state index is -0.471. The van der Waals surface area contributed by atoms with Crippen LogP contribution >= 0.6 is 0 Å². The van der Waals surface area contributed by atoms with E-state index in [0.29, 0.717) is 6.54 Å². The number of aromatic nitrogens is 2. The molecule has 0 aliphatic rings. The number of rotatable bonds is 6. The second-order valence-electron chi connectivity index (χ2n) is 5.96. The fourth-order valence-corrected chi connectivity index (χ4v) is 2.55. The van der Waals surface area contributed by atoms with Gasteiger partial charge in [-0.05, 0) is 36.6 Å². The molecular formula is C19H19N5O2. The van der Waals surface area contributed by atoms with E-state index >= 15 is 0 Å². The normalized spacial score (nSPS) is 10.4. The summed E-state index contributed by atoms with van der Waals surface area (Å²) in [5.41, 5.74) is 3.63. The molecule has 7 heteroatoms. The Hall–Kier alpha value is -3.48. The highest BCUT2D eigenvalue weighted by Gasteiger charge is 2.23. The Labute approximate surface area is 151 Å². The molecule has 1 aromatic heterocycles. The highest BCUT2D eigenvalue weighted by atomic mass is 16.6. The molecule has 0 atom stereocenters. The highest BCUT2D eigenvalue weighted by molar-refractivity contribution is 5.74. The minimum absolute atomic E-state index is 0.161. The van der Waals surface area contributed by atoms with E-state index in [1.54, 1.807) is 0 Å². The SMILES string of the molecule is Cc1ccc(C)c(Nc2ncnc(NCc3ccccc3)c2[N+](=O)[O-])c1. The van der Waals surface area contributed by atoms with Gasteiger partial charge < -0.3 is 10.6 Å². The minimum Gasteiger partial charge on any atom is -0.360 e. The molecule has 0 bridgehead atoms. The van der Waals surface area contributed by atoms with E-state index in [-0.39, 0.29) is 17.3 Å². The fourth-order valence-electron chi connectivity index (χ4n) is 2.55. The number of nitrogens with one attached hydrogen (secondary N) is 2. The molecule has 0 aliphatic carbocycles. The summed E-state index contributed by atoms with van der Waals surface area (Å²) in [6, 6.07) is 15.5. The van der Waals surface area contributed by atoms with Gasteiger partial charge in [-0.25, -0.2) is 9.97 Å². The molecule has 2 aromatic carbocycles. The quantitative estimate of drug-likeness (QED) is 0.507. The van der Waals surface area contributed by atoms with Crippen LogP contribution in [-0.4, -0.2) is 14.9 Å². The topological polar surface area (TPSA) is 93.0 Å². The van der Waals surface area contributed by atoms with Gasteiger partial charge >= 0.3 is 5.69 Å². The maximum absolute atomic E-state index is 11.6. The third-order valence-electron chi connectivity index (χ3n) is 3.95. The van der Waals surface area contributed by atoms with E-state index < -0.39 is 4.92 Å². The molecule has 0 fully saturated rings. The Balaban J connectivity index is 1.91. The van der Waals surface area contributed by atoms with Crippen molar-refractivity contribution in [3.05, 3.63) is 81.7 Å². The van der Waals surface area contributed by atoms with Crippen molar-refractivity contribution in [2.45, 2.75) is 20.4 Å². The number of hydrogen-bond acceptors (Lipinski definition) is 6. The lowest BCUT2D eigenvalue weighted by Crippen LogP contribution is -2.08. The highest BCUT2D eigenvalue weighted by Crippen LogP contribution is 2.32. The van der Waals surface area contributed by atoms with E-state index in [0.717, 1.165) is 22.4 Å².